The van der Waals surface area contributed by atoms with Gasteiger partial charge in [0.25, 0.3) is 7.82 Å². The second-order valence-electron chi connectivity index (χ2n) is 24.9. The molecule has 0 aromatic rings. The third-order valence-electron chi connectivity index (χ3n) is 16.1. The Hall–Kier alpha value is -0.500. The first-order chi connectivity index (χ1) is 36.5. The number of carbonyl (C=O) groups excluding carboxylic acids is 1. The number of amides is 1. The van der Waals surface area contributed by atoms with Crippen molar-refractivity contribution in [2.24, 2.45) is 0 Å². The Morgan fingerprint density at radius 3 is 0.907 bits per heavy atom. The van der Waals surface area contributed by atoms with Gasteiger partial charge in [-0.05, 0) is 12.8 Å². The van der Waals surface area contributed by atoms with Gasteiger partial charge in [0.15, 0.2) is 0 Å². The normalized spacial score (nSPS) is 13.6. The van der Waals surface area contributed by atoms with Gasteiger partial charge in [-0.15, -0.1) is 0 Å². The standard InChI is InChI=1S/C66H135N2O6P/c1-6-8-10-12-14-16-18-20-22-24-26-28-30-31-32-33-34-35-36-37-38-39-41-43-45-47-49-51-53-55-57-59-65(69)64(63-74-75(71,72)73-62-61-68(3,4)5)67-66(70)60-58-56-54-52-50-48-46-44-42-40-29-27-25-23-21-19-17-15-13-11-9-7-2/h64-65,69H,6-63H2,1-5H3,(H-,67,70,71,72). The summed E-state index contributed by atoms with van der Waals surface area (Å²) in [6, 6.07) is -0.796. The smallest absolute Gasteiger partial charge is 0.268 e. The molecule has 450 valence electrons. The van der Waals surface area contributed by atoms with E-state index in [0.29, 0.717) is 23.9 Å². The molecule has 3 atom stereocenters. The fraction of sp³-hybridized carbons (Fsp3) is 0.985. The average Bonchev–Trinajstić information content (AvgIpc) is 3.37. The minimum Gasteiger partial charge on any atom is -0.756 e. The van der Waals surface area contributed by atoms with E-state index in [1.54, 1.807) is 0 Å². The zero-order chi connectivity index (χ0) is 54.9. The monoisotopic (exact) mass is 1080 g/mol. The summed E-state index contributed by atoms with van der Waals surface area (Å²) in [6.45, 7) is 4.80. The van der Waals surface area contributed by atoms with Crippen LogP contribution in [0.4, 0.5) is 0 Å². The van der Waals surface area contributed by atoms with Gasteiger partial charge in [0.2, 0.25) is 5.91 Å². The zero-order valence-corrected chi connectivity index (χ0v) is 52.4. The summed E-state index contributed by atoms with van der Waals surface area (Å²) >= 11 is 0. The van der Waals surface area contributed by atoms with Crippen LogP contribution in [0.15, 0.2) is 0 Å². The molecule has 9 heteroatoms. The van der Waals surface area contributed by atoms with E-state index in [0.717, 1.165) is 38.5 Å². The maximum absolute atomic E-state index is 13.0. The number of phosphoric ester groups is 1. The average molecular weight is 1080 g/mol. The summed E-state index contributed by atoms with van der Waals surface area (Å²) in [7, 11) is 1.33. The molecule has 0 rings (SSSR count). The second kappa shape index (κ2) is 58.2. The molecule has 0 aliphatic rings. The lowest BCUT2D eigenvalue weighted by Gasteiger charge is -2.30. The maximum atomic E-state index is 13.0. The van der Waals surface area contributed by atoms with E-state index in [-0.39, 0.29) is 19.1 Å². The Labute approximate surface area is 470 Å². The van der Waals surface area contributed by atoms with Crippen molar-refractivity contribution >= 4 is 13.7 Å². The van der Waals surface area contributed by atoms with Gasteiger partial charge in [-0.3, -0.25) is 9.36 Å². The van der Waals surface area contributed by atoms with Gasteiger partial charge in [-0.2, -0.15) is 0 Å². The number of unbranched alkanes of at least 4 members (excludes halogenated alkanes) is 51. The zero-order valence-electron chi connectivity index (χ0n) is 51.5. The van der Waals surface area contributed by atoms with E-state index >= 15 is 0 Å². The summed E-state index contributed by atoms with van der Waals surface area (Å²) in [6.07, 6.45) is 71.7. The number of likely N-dealkylation sites (N-methyl/N-ethyl adjacent to an activating group) is 1. The molecule has 0 aromatic carbocycles. The van der Waals surface area contributed by atoms with E-state index in [1.807, 2.05) is 21.1 Å². The number of nitrogens with one attached hydrogen (secondary N) is 1. The van der Waals surface area contributed by atoms with Gasteiger partial charge in [0, 0.05) is 6.42 Å². The highest BCUT2D eigenvalue weighted by atomic mass is 31.2. The second-order valence-corrected chi connectivity index (χ2v) is 26.3. The number of nitrogens with zero attached hydrogens (tertiary/aromatic N) is 1. The Morgan fingerprint density at radius 1 is 0.413 bits per heavy atom. The minimum atomic E-state index is -4.57. The molecule has 0 aromatic heterocycles. The van der Waals surface area contributed by atoms with E-state index in [1.165, 1.54) is 302 Å². The summed E-state index contributed by atoms with van der Waals surface area (Å²) in [5.41, 5.74) is 0. The molecule has 0 heterocycles. The van der Waals surface area contributed by atoms with Crippen LogP contribution in [0.3, 0.4) is 0 Å². The van der Waals surface area contributed by atoms with Crippen LogP contribution in [0, 0.1) is 0 Å². The van der Waals surface area contributed by atoms with Crippen LogP contribution in [0.2, 0.25) is 0 Å². The van der Waals surface area contributed by atoms with E-state index in [2.05, 4.69) is 19.2 Å². The van der Waals surface area contributed by atoms with Crippen LogP contribution in [0.1, 0.15) is 367 Å². The Balaban J connectivity index is 3.99. The van der Waals surface area contributed by atoms with Crippen molar-refractivity contribution in [3.63, 3.8) is 0 Å². The number of aliphatic hydroxyl groups is 1. The number of hydrogen-bond donors (Lipinski definition) is 2. The summed E-state index contributed by atoms with van der Waals surface area (Å²) in [5, 5.41) is 14.1. The molecule has 2 N–H and O–H groups in total. The molecule has 0 saturated carbocycles. The van der Waals surface area contributed by atoms with Crippen LogP contribution in [0.25, 0.3) is 0 Å². The number of rotatable bonds is 64. The fourth-order valence-electron chi connectivity index (χ4n) is 10.8. The number of phosphoric acid groups is 1. The lowest BCUT2D eigenvalue weighted by molar-refractivity contribution is -0.870. The van der Waals surface area contributed by atoms with Crippen molar-refractivity contribution in [2.45, 2.75) is 379 Å². The third-order valence-corrected chi connectivity index (χ3v) is 17.1. The van der Waals surface area contributed by atoms with Crippen LogP contribution >= 0.6 is 7.82 Å². The van der Waals surface area contributed by atoms with Crippen LogP contribution in [-0.4, -0.2) is 68.5 Å². The van der Waals surface area contributed by atoms with Crippen LogP contribution < -0.4 is 10.2 Å². The molecule has 3 unspecified atom stereocenters. The van der Waals surface area contributed by atoms with Crippen molar-refractivity contribution in [2.75, 3.05) is 40.9 Å². The van der Waals surface area contributed by atoms with Gasteiger partial charge in [0.05, 0.1) is 39.9 Å². The molecule has 0 radical (unpaired) electrons. The first-order valence-electron chi connectivity index (χ1n) is 33.9. The highest BCUT2D eigenvalue weighted by molar-refractivity contribution is 7.45. The number of carbonyl (C=O) groups is 1. The number of quaternary nitrogens is 1. The molecule has 75 heavy (non-hydrogen) atoms. The van der Waals surface area contributed by atoms with Crippen molar-refractivity contribution in [1.82, 2.24) is 5.32 Å². The molecule has 0 fully saturated rings. The Kier molecular flexibility index (Phi) is 57.8. The number of hydrogen-bond acceptors (Lipinski definition) is 6. The SMILES string of the molecule is CCCCCCCCCCCCCCCCCCCCCCCCCCCCCCCCCC(O)C(COP(=O)([O-])OCC[N+](C)(C)C)NC(=O)CCCCCCCCCCCCCCCCCCCCCCCC. The van der Waals surface area contributed by atoms with Gasteiger partial charge in [-0.25, -0.2) is 0 Å². The maximum Gasteiger partial charge on any atom is 0.268 e. The first-order valence-corrected chi connectivity index (χ1v) is 35.3. The quantitative estimate of drug-likeness (QED) is 0.0357. The highest BCUT2D eigenvalue weighted by Gasteiger charge is 2.24. The molecular weight excluding hydrogens is 948 g/mol. The summed E-state index contributed by atoms with van der Waals surface area (Å²) in [5.74, 6) is -0.154. The lowest BCUT2D eigenvalue weighted by atomic mass is 10.0. The number of aliphatic hydroxyl groups excluding tert-OH is 1. The molecule has 0 aliphatic heterocycles. The molecule has 0 saturated heterocycles. The van der Waals surface area contributed by atoms with E-state index in [9.17, 15) is 19.4 Å². The van der Waals surface area contributed by atoms with Crippen molar-refractivity contribution < 1.29 is 32.9 Å². The Morgan fingerprint density at radius 2 is 0.653 bits per heavy atom. The molecule has 8 nitrogen and oxygen atoms in total. The molecular formula is C66H135N2O6P. The molecule has 0 bridgehead atoms. The van der Waals surface area contributed by atoms with E-state index in [4.69, 9.17) is 9.05 Å². The van der Waals surface area contributed by atoms with Crippen LogP contribution in [-0.2, 0) is 18.4 Å². The topological polar surface area (TPSA) is 108 Å². The fourth-order valence-corrected chi connectivity index (χ4v) is 11.5. The molecule has 0 spiro atoms. The highest BCUT2D eigenvalue weighted by Crippen LogP contribution is 2.38. The van der Waals surface area contributed by atoms with Crippen molar-refractivity contribution in [3.05, 3.63) is 0 Å². The van der Waals surface area contributed by atoms with Crippen LogP contribution in [0.5, 0.6) is 0 Å². The van der Waals surface area contributed by atoms with Crippen molar-refractivity contribution in [3.8, 4) is 0 Å². The predicted octanol–water partition coefficient (Wildman–Crippen LogP) is 20.5. The first kappa shape index (κ1) is 74.5. The lowest BCUT2D eigenvalue weighted by Crippen LogP contribution is -2.46. The van der Waals surface area contributed by atoms with Gasteiger partial charge in [-0.1, -0.05) is 348 Å². The van der Waals surface area contributed by atoms with Crippen molar-refractivity contribution in [1.29, 1.82) is 0 Å². The largest absolute Gasteiger partial charge is 0.756 e. The molecule has 0 aliphatic carbocycles. The Bertz CT molecular complexity index is 1180. The minimum absolute atomic E-state index is 0.0169. The van der Waals surface area contributed by atoms with E-state index < -0.39 is 20.0 Å². The summed E-state index contributed by atoms with van der Waals surface area (Å²) in [4.78, 5) is 25.6. The summed E-state index contributed by atoms with van der Waals surface area (Å²) < 4.78 is 23.5. The third kappa shape index (κ3) is 61.0. The molecule has 1 amide bonds. The van der Waals surface area contributed by atoms with Gasteiger partial charge >= 0.3 is 0 Å². The van der Waals surface area contributed by atoms with Gasteiger partial charge in [0.1, 0.15) is 13.2 Å². The van der Waals surface area contributed by atoms with Gasteiger partial charge < -0.3 is 28.8 Å². The predicted molar refractivity (Wildman–Crippen MR) is 326 cm³/mol.